The van der Waals surface area contributed by atoms with Crippen LogP contribution in [0.25, 0.3) is 0 Å². The van der Waals surface area contributed by atoms with Crippen LogP contribution in [0, 0.1) is 0 Å². The van der Waals surface area contributed by atoms with Gasteiger partial charge < -0.3 is 10.2 Å². The van der Waals surface area contributed by atoms with Gasteiger partial charge in [0.1, 0.15) is 18.6 Å². The molecule has 0 radical (unpaired) electrons. The second-order valence-electron chi connectivity index (χ2n) is 3.34. The van der Waals surface area contributed by atoms with Gasteiger partial charge in [0.05, 0.1) is 0 Å². The van der Waals surface area contributed by atoms with Crippen molar-refractivity contribution >= 4 is 5.84 Å². The summed E-state index contributed by atoms with van der Waals surface area (Å²) < 4.78 is 0. The number of hydrogen-bond donors (Lipinski definition) is 2. The van der Waals surface area contributed by atoms with E-state index in [2.05, 4.69) is 15.2 Å². The summed E-state index contributed by atoms with van der Waals surface area (Å²) >= 11 is 0. The first-order valence-corrected chi connectivity index (χ1v) is 4.36. The normalized spacial score (nSPS) is 23.1. The lowest BCUT2D eigenvalue weighted by Crippen LogP contribution is -2.55. The Hall–Kier alpha value is -1.07. The molecule has 0 bridgehead atoms. The summed E-state index contributed by atoms with van der Waals surface area (Å²) in [5.74, 6) is 6.09. The van der Waals surface area contributed by atoms with Crippen molar-refractivity contribution in [2.75, 3.05) is 19.8 Å². The molecule has 0 unspecified atom stereocenters. The Balaban J connectivity index is 1.93. The number of hydrogen-bond acceptors (Lipinski definition) is 5. The van der Waals surface area contributed by atoms with Crippen LogP contribution in [0.1, 0.15) is 6.92 Å². The highest BCUT2D eigenvalue weighted by atomic mass is 16.6. The van der Waals surface area contributed by atoms with Gasteiger partial charge in [-0.3, -0.25) is 4.84 Å². The lowest BCUT2D eigenvalue weighted by Gasteiger charge is -2.39. The van der Waals surface area contributed by atoms with Crippen molar-refractivity contribution in [3.63, 3.8) is 0 Å². The molecule has 5 nitrogen and oxygen atoms in total. The van der Waals surface area contributed by atoms with Crippen molar-refractivity contribution in [1.29, 1.82) is 0 Å². The summed E-state index contributed by atoms with van der Waals surface area (Å²) in [5, 5.41) is 3.13. The van der Waals surface area contributed by atoms with Gasteiger partial charge >= 0.3 is 0 Å². The van der Waals surface area contributed by atoms with E-state index in [0.29, 0.717) is 6.67 Å². The zero-order valence-corrected chi connectivity index (χ0v) is 7.66. The topological polar surface area (TPSA) is 62.9 Å². The molecular formula is C8H14N4O. The van der Waals surface area contributed by atoms with Crippen molar-refractivity contribution in [3.05, 3.63) is 11.8 Å². The lowest BCUT2D eigenvalue weighted by atomic mass is 10.1. The van der Waals surface area contributed by atoms with E-state index >= 15 is 0 Å². The highest BCUT2D eigenvalue weighted by molar-refractivity contribution is 5.94. The van der Waals surface area contributed by atoms with Crippen LogP contribution in [0.2, 0.25) is 0 Å². The van der Waals surface area contributed by atoms with E-state index in [-0.39, 0.29) is 6.10 Å². The Morgan fingerprint density at radius 1 is 1.69 bits per heavy atom. The fourth-order valence-electron chi connectivity index (χ4n) is 1.44. The second kappa shape index (κ2) is 3.35. The number of allylic oxidation sites excluding steroid dienone is 1. The van der Waals surface area contributed by atoms with Crippen LogP contribution >= 0.6 is 0 Å². The number of likely N-dealkylation sites (tertiary alicyclic amines) is 1. The van der Waals surface area contributed by atoms with Crippen molar-refractivity contribution in [2.45, 2.75) is 13.0 Å². The van der Waals surface area contributed by atoms with Crippen LogP contribution in [-0.2, 0) is 4.84 Å². The van der Waals surface area contributed by atoms with Gasteiger partial charge in [-0.25, -0.2) is 10.9 Å². The van der Waals surface area contributed by atoms with Gasteiger partial charge in [0.2, 0.25) is 0 Å². The van der Waals surface area contributed by atoms with Gasteiger partial charge in [-0.15, -0.1) is 0 Å². The van der Waals surface area contributed by atoms with E-state index < -0.39 is 0 Å². The molecule has 1 fully saturated rings. The zero-order valence-electron chi connectivity index (χ0n) is 7.66. The van der Waals surface area contributed by atoms with Gasteiger partial charge in [-0.1, -0.05) is 0 Å². The average molecular weight is 182 g/mol. The van der Waals surface area contributed by atoms with Gasteiger partial charge in [0.15, 0.2) is 0 Å². The van der Waals surface area contributed by atoms with E-state index in [1.807, 2.05) is 13.0 Å². The standard InChI is InChI=1S/C8H14N4O/c1-6-2-8(11-5-10-6)12-3-7(4-12)13-9/h2,7,10H,3-5,9H2,1H3. The first kappa shape index (κ1) is 8.52. The molecule has 2 heterocycles. The first-order valence-electron chi connectivity index (χ1n) is 4.36. The van der Waals surface area contributed by atoms with Gasteiger partial charge in [-0.2, -0.15) is 0 Å². The predicted molar refractivity (Wildman–Crippen MR) is 49.8 cm³/mol. The Labute approximate surface area is 77.2 Å². The third kappa shape index (κ3) is 1.66. The summed E-state index contributed by atoms with van der Waals surface area (Å²) in [6, 6.07) is 0. The van der Waals surface area contributed by atoms with Crippen molar-refractivity contribution in [3.8, 4) is 0 Å². The fraction of sp³-hybridized carbons (Fsp3) is 0.625. The molecule has 0 spiro atoms. The van der Waals surface area contributed by atoms with Gasteiger partial charge in [0.25, 0.3) is 0 Å². The minimum absolute atomic E-state index is 0.172. The average Bonchev–Trinajstić information content (AvgIpc) is 2.02. The molecule has 0 saturated carbocycles. The van der Waals surface area contributed by atoms with Gasteiger partial charge in [-0.05, 0) is 13.0 Å². The molecule has 0 aromatic rings. The second-order valence-corrected chi connectivity index (χ2v) is 3.34. The molecule has 0 amide bonds. The largest absolute Gasteiger partial charge is 0.370 e. The van der Waals surface area contributed by atoms with E-state index in [9.17, 15) is 0 Å². The summed E-state index contributed by atoms with van der Waals surface area (Å²) in [4.78, 5) is 11.2. The Morgan fingerprint density at radius 2 is 2.46 bits per heavy atom. The quantitative estimate of drug-likeness (QED) is 0.533. The van der Waals surface area contributed by atoms with E-state index in [1.54, 1.807) is 0 Å². The van der Waals surface area contributed by atoms with E-state index in [0.717, 1.165) is 24.6 Å². The molecule has 0 aromatic carbocycles. The maximum Gasteiger partial charge on any atom is 0.127 e. The minimum atomic E-state index is 0.172. The number of aliphatic imine (C=N–C) groups is 1. The monoisotopic (exact) mass is 182 g/mol. The molecule has 0 aromatic heterocycles. The Bertz CT molecular complexity index is 255. The van der Waals surface area contributed by atoms with Crippen LogP contribution in [0.4, 0.5) is 0 Å². The molecule has 2 aliphatic heterocycles. The predicted octanol–water partition coefficient (Wildman–Crippen LogP) is -0.576. The Kier molecular flexibility index (Phi) is 2.20. The number of nitrogens with zero attached hydrogens (tertiary/aromatic N) is 2. The SMILES string of the molecule is CC1=CC(N2CC(ON)C2)=NCN1. The molecule has 3 N–H and O–H groups in total. The van der Waals surface area contributed by atoms with Crippen LogP contribution in [0.5, 0.6) is 0 Å². The summed E-state index contributed by atoms with van der Waals surface area (Å²) in [6.07, 6.45) is 2.21. The van der Waals surface area contributed by atoms with Crippen molar-refractivity contribution in [1.82, 2.24) is 10.2 Å². The number of amidine groups is 1. The molecule has 72 valence electrons. The lowest BCUT2D eigenvalue weighted by molar-refractivity contribution is -0.0267. The fourth-order valence-corrected chi connectivity index (χ4v) is 1.44. The molecule has 0 atom stereocenters. The summed E-state index contributed by atoms with van der Waals surface area (Å²) in [7, 11) is 0. The Morgan fingerprint density at radius 3 is 3.08 bits per heavy atom. The number of rotatable bonds is 1. The molecule has 5 heteroatoms. The highest BCUT2D eigenvalue weighted by Crippen LogP contribution is 2.13. The summed E-state index contributed by atoms with van der Waals surface area (Å²) in [6.45, 7) is 4.39. The third-order valence-electron chi connectivity index (χ3n) is 2.31. The maximum absolute atomic E-state index is 5.06. The maximum atomic E-state index is 5.06. The highest BCUT2D eigenvalue weighted by Gasteiger charge is 2.29. The molecule has 2 aliphatic rings. The third-order valence-corrected chi connectivity index (χ3v) is 2.31. The smallest absolute Gasteiger partial charge is 0.127 e. The molecule has 2 rings (SSSR count). The van der Waals surface area contributed by atoms with Crippen LogP contribution in [0.3, 0.4) is 0 Å². The van der Waals surface area contributed by atoms with Gasteiger partial charge in [0, 0.05) is 18.8 Å². The van der Waals surface area contributed by atoms with E-state index in [1.165, 1.54) is 0 Å². The van der Waals surface area contributed by atoms with E-state index in [4.69, 9.17) is 10.7 Å². The number of nitrogens with two attached hydrogens (primary N) is 1. The zero-order chi connectivity index (χ0) is 9.26. The van der Waals surface area contributed by atoms with Crippen LogP contribution in [0.15, 0.2) is 16.8 Å². The molecule has 13 heavy (non-hydrogen) atoms. The number of nitrogens with one attached hydrogen (secondary N) is 1. The first-order chi connectivity index (χ1) is 6.29. The molecule has 1 saturated heterocycles. The minimum Gasteiger partial charge on any atom is -0.370 e. The van der Waals surface area contributed by atoms with Crippen LogP contribution in [-0.4, -0.2) is 36.6 Å². The van der Waals surface area contributed by atoms with Crippen molar-refractivity contribution in [2.24, 2.45) is 10.9 Å². The molecule has 0 aliphatic carbocycles. The van der Waals surface area contributed by atoms with Crippen LogP contribution < -0.4 is 11.2 Å². The van der Waals surface area contributed by atoms with Crippen molar-refractivity contribution < 1.29 is 4.84 Å². The summed E-state index contributed by atoms with van der Waals surface area (Å²) in [5.41, 5.74) is 1.15. The molecular weight excluding hydrogens is 168 g/mol.